The van der Waals surface area contributed by atoms with E-state index >= 15 is 0 Å². The Bertz CT molecular complexity index is 274. The molecule has 0 aromatic heterocycles. The van der Waals surface area contributed by atoms with Crippen LogP contribution in [-0.4, -0.2) is 31.2 Å². The van der Waals surface area contributed by atoms with Gasteiger partial charge in [0.25, 0.3) is 0 Å². The summed E-state index contributed by atoms with van der Waals surface area (Å²) in [6, 6.07) is 0. The number of hydrogen-bond donors (Lipinski definition) is 0. The van der Waals surface area contributed by atoms with Gasteiger partial charge in [-0.15, -0.1) is 0 Å². The van der Waals surface area contributed by atoms with E-state index in [2.05, 4.69) is 13.5 Å². The number of rotatable bonds is 12. The summed E-state index contributed by atoms with van der Waals surface area (Å²) in [7, 11) is 3.89. The van der Waals surface area contributed by atoms with E-state index in [1.165, 1.54) is 44.9 Å². The number of carbonyl (C=O) groups excluding carboxylic acids is 1. The fourth-order valence-corrected chi connectivity index (χ4v) is 2.10. The van der Waals surface area contributed by atoms with Crippen molar-refractivity contribution in [3.05, 3.63) is 12.2 Å². The molecule has 0 saturated heterocycles. The molecule has 0 aliphatic rings. The summed E-state index contributed by atoms with van der Waals surface area (Å²) in [5, 5.41) is 0. The molecule has 1 atom stereocenters. The van der Waals surface area contributed by atoms with Crippen LogP contribution in [0.15, 0.2) is 12.2 Å². The lowest BCUT2D eigenvalue weighted by Gasteiger charge is -2.24. The van der Waals surface area contributed by atoms with Crippen molar-refractivity contribution in [1.29, 1.82) is 0 Å². The van der Waals surface area contributed by atoms with E-state index in [9.17, 15) is 4.79 Å². The summed E-state index contributed by atoms with van der Waals surface area (Å²) >= 11 is 0. The van der Waals surface area contributed by atoms with E-state index < -0.39 is 0 Å². The van der Waals surface area contributed by atoms with Gasteiger partial charge in [0.1, 0.15) is 0 Å². The monoisotopic (exact) mass is 283 g/mol. The highest BCUT2D eigenvalue weighted by atomic mass is 16.6. The minimum Gasteiger partial charge on any atom is -0.443 e. The second-order valence-corrected chi connectivity index (χ2v) is 5.87. The minimum absolute atomic E-state index is 0.126. The Morgan fingerprint density at radius 1 is 1.05 bits per heavy atom. The molecule has 3 heteroatoms. The van der Waals surface area contributed by atoms with Crippen molar-refractivity contribution in [2.24, 2.45) is 0 Å². The number of ether oxygens (including phenoxy) is 1. The summed E-state index contributed by atoms with van der Waals surface area (Å²) in [6.07, 6.45) is 11.1. The fourth-order valence-electron chi connectivity index (χ4n) is 2.10. The van der Waals surface area contributed by atoms with Crippen LogP contribution in [0.5, 0.6) is 0 Å². The van der Waals surface area contributed by atoms with Crippen LogP contribution < -0.4 is 0 Å². The predicted molar refractivity (Wildman–Crippen MR) is 85.6 cm³/mol. The molecule has 0 amide bonds. The lowest BCUT2D eigenvalue weighted by Crippen LogP contribution is -2.33. The molecule has 1 unspecified atom stereocenters. The summed E-state index contributed by atoms with van der Waals surface area (Å²) in [6.45, 7) is 7.55. The highest BCUT2D eigenvalue weighted by Crippen LogP contribution is 2.13. The molecule has 0 rings (SSSR count). The largest absolute Gasteiger partial charge is 0.443 e. The van der Waals surface area contributed by atoms with Gasteiger partial charge in [-0.3, -0.25) is 4.90 Å². The molecule has 3 nitrogen and oxygen atoms in total. The quantitative estimate of drug-likeness (QED) is 0.228. The Morgan fingerprint density at radius 2 is 1.55 bits per heavy atom. The Balaban J connectivity index is 3.71. The van der Waals surface area contributed by atoms with Crippen LogP contribution in [-0.2, 0) is 9.53 Å². The molecule has 0 saturated carbocycles. The SMILES string of the molecule is C=C(C)C(=O)OC(CCCCCCCCCC)N(C)C. The first-order valence-corrected chi connectivity index (χ1v) is 8.02. The number of carbonyl (C=O) groups is 1. The van der Waals surface area contributed by atoms with Gasteiger partial charge in [-0.1, -0.05) is 58.4 Å². The van der Waals surface area contributed by atoms with E-state index in [1.54, 1.807) is 6.92 Å². The van der Waals surface area contributed by atoms with Gasteiger partial charge in [0.05, 0.1) is 0 Å². The van der Waals surface area contributed by atoms with Gasteiger partial charge in [-0.25, -0.2) is 4.79 Å². The minimum atomic E-state index is -0.289. The van der Waals surface area contributed by atoms with Gasteiger partial charge in [0.2, 0.25) is 0 Å². The maximum atomic E-state index is 11.5. The Morgan fingerprint density at radius 3 is 2.00 bits per heavy atom. The second kappa shape index (κ2) is 12.0. The van der Waals surface area contributed by atoms with Crippen molar-refractivity contribution in [1.82, 2.24) is 4.90 Å². The normalized spacial score (nSPS) is 12.4. The van der Waals surface area contributed by atoms with Crippen LogP contribution >= 0.6 is 0 Å². The van der Waals surface area contributed by atoms with Crippen LogP contribution in [0.2, 0.25) is 0 Å². The Labute approximate surface area is 125 Å². The molecule has 0 radical (unpaired) electrons. The van der Waals surface area contributed by atoms with Crippen molar-refractivity contribution in [2.45, 2.75) is 77.9 Å². The van der Waals surface area contributed by atoms with E-state index in [4.69, 9.17) is 4.74 Å². The topological polar surface area (TPSA) is 29.5 Å². The highest BCUT2D eigenvalue weighted by Gasteiger charge is 2.16. The third-order valence-electron chi connectivity index (χ3n) is 3.47. The van der Waals surface area contributed by atoms with Crippen molar-refractivity contribution < 1.29 is 9.53 Å². The maximum Gasteiger partial charge on any atom is 0.334 e. The van der Waals surface area contributed by atoms with Crippen molar-refractivity contribution in [3.63, 3.8) is 0 Å². The fraction of sp³-hybridized carbons (Fsp3) is 0.824. The molecular formula is C17H33NO2. The lowest BCUT2D eigenvalue weighted by molar-refractivity contribution is -0.152. The number of esters is 1. The first kappa shape index (κ1) is 19.2. The molecule has 0 N–H and O–H groups in total. The van der Waals surface area contributed by atoms with Gasteiger partial charge in [0, 0.05) is 5.57 Å². The van der Waals surface area contributed by atoms with E-state index in [0.29, 0.717) is 5.57 Å². The van der Waals surface area contributed by atoms with Crippen molar-refractivity contribution in [3.8, 4) is 0 Å². The number of nitrogens with zero attached hydrogens (tertiary/aromatic N) is 1. The maximum absolute atomic E-state index is 11.5. The summed E-state index contributed by atoms with van der Waals surface area (Å²) in [4.78, 5) is 13.5. The number of hydrogen-bond acceptors (Lipinski definition) is 3. The van der Waals surface area contributed by atoms with Gasteiger partial charge in [-0.05, 0) is 33.9 Å². The standard InChI is InChI=1S/C17H33NO2/c1-6-7-8-9-10-11-12-13-14-16(18(4)5)20-17(19)15(2)3/h16H,2,6-14H2,1,3-5H3. The van der Waals surface area contributed by atoms with Crippen LogP contribution in [0, 0.1) is 0 Å². The van der Waals surface area contributed by atoms with Crippen LogP contribution in [0.4, 0.5) is 0 Å². The second-order valence-electron chi connectivity index (χ2n) is 5.87. The lowest BCUT2D eigenvalue weighted by atomic mass is 10.1. The van der Waals surface area contributed by atoms with Gasteiger partial charge in [0.15, 0.2) is 6.23 Å². The molecular weight excluding hydrogens is 250 g/mol. The van der Waals surface area contributed by atoms with Gasteiger partial charge >= 0.3 is 5.97 Å². The first-order chi connectivity index (χ1) is 9.49. The third-order valence-corrected chi connectivity index (χ3v) is 3.47. The highest BCUT2D eigenvalue weighted by molar-refractivity contribution is 5.87. The third kappa shape index (κ3) is 10.0. The summed E-state index contributed by atoms with van der Waals surface area (Å²) in [5.41, 5.74) is 0.466. The van der Waals surface area contributed by atoms with E-state index in [0.717, 1.165) is 12.8 Å². The van der Waals surface area contributed by atoms with Crippen LogP contribution in [0.25, 0.3) is 0 Å². The Kier molecular flexibility index (Phi) is 11.5. The van der Waals surface area contributed by atoms with Crippen molar-refractivity contribution >= 4 is 5.97 Å². The Hall–Kier alpha value is -0.830. The first-order valence-electron chi connectivity index (χ1n) is 8.02. The molecule has 0 spiro atoms. The number of unbranched alkanes of at least 4 members (excludes halogenated alkanes) is 7. The smallest absolute Gasteiger partial charge is 0.334 e. The van der Waals surface area contributed by atoms with E-state index in [1.807, 2.05) is 19.0 Å². The molecule has 0 aliphatic carbocycles. The van der Waals surface area contributed by atoms with Crippen LogP contribution in [0.3, 0.4) is 0 Å². The summed E-state index contributed by atoms with van der Waals surface area (Å²) in [5.74, 6) is -0.289. The molecule has 0 bridgehead atoms. The molecule has 20 heavy (non-hydrogen) atoms. The molecule has 118 valence electrons. The van der Waals surface area contributed by atoms with Gasteiger partial charge < -0.3 is 4.74 Å². The van der Waals surface area contributed by atoms with Crippen molar-refractivity contribution in [2.75, 3.05) is 14.1 Å². The zero-order valence-corrected chi connectivity index (χ0v) is 13.9. The average Bonchev–Trinajstić information content (AvgIpc) is 2.39. The van der Waals surface area contributed by atoms with Gasteiger partial charge in [-0.2, -0.15) is 0 Å². The summed E-state index contributed by atoms with van der Waals surface area (Å²) < 4.78 is 5.42. The molecule has 0 aromatic carbocycles. The van der Waals surface area contributed by atoms with E-state index in [-0.39, 0.29) is 12.2 Å². The van der Waals surface area contributed by atoms with Crippen LogP contribution in [0.1, 0.15) is 71.6 Å². The molecule has 0 fully saturated rings. The zero-order valence-electron chi connectivity index (χ0n) is 13.9. The molecule has 0 aliphatic heterocycles. The zero-order chi connectivity index (χ0) is 15.4. The molecule has 0 aromatic rings. The molecule has 0 heterocycles. The average molecular weight is 283 g/mol. The predicted octanol–water partition coefficient (Wildman–Crippen LogP) is 4.52.